The molecule has 0 radical (unpaired) electrons. The maximum absolute atomic E-state index is 3.76. The Kier molecular flexibility index (Phi) is 3.69. The summed E-state index contributed by atoms with van der Waals surface area (Å²) >= 11 is 0. The van der Waals surface area contributed by atoms with Crippen LogP contribution in [0.25, 0.3) is 0 Å². The summed E-state index contributed by atoms with van der Waals surface area (Å²) in [6.45, 7) is 3.43. The Labute approximate surface area is 111 Å². The van der Waals surface area contributed by atoms with Crippen LogP contribution in [0.4, 0.5) is 0 Å². The van der Waals surface area contributed by atoms with Gasteiger partial charge in [-0.25, -0.2) is 0 Å². The van der Waals surface area contributed by atoms with Crippen molar-refractivity contribution in [3.8, 4) is 0 Å². The second kappa shape index (κ2) is 5.44. The van der Waals surface area contributed by atoms with Crippen LogP contribution in [0.15, 0.2) is 24.3 Å². The third kappa shape index (κ3) is 2.77. The predicted octanol–water partition coefficient (Wildman–Crippen LogP) is 4.23. The van der Waals surface area contributed by atoms with E-state index in [-0.39, 0.29) is 0 Å². The predicted molar refractivity (Wildman–Crippen MR) is 76.7 cm³/mol. The van der Waals surface area contributed by atoms with Gasteiger partial charge in [-0.3, -0.25) is 0 Å². The SMILES string of the molecule is C[C@@H](NCc1ccccc1C1CC1)C1CCCC1. The third-order valence-corrected chi connectivity index (χ3v) is 4.79. The third-order valence-electron chi connectivity index (χ3n) is 4.79. The van der Waals surface area contributed by atoms with Crippen LogP contribution in [0.2, 0.25) is 0 Å². The normalized spacial score (nSPS) is 22.3. The number of hydrogen-bond acceptors (Lipinski definition) is 1. The van der Waals surface area contributed by atoms with Gasteiger partial charge in [-0.15, -0.1) is 0 Å². The molecule has 1 aromatic rings. The molecule has 2 aliphatic carbocycles. The van der Waals surface area contributed by atoms with Gasteiger partial charge in [0, 0.05) is 12.6 Å². The molecule has 3 rings (SSSR count). The number of nitrogens with one attached hydrogen (secondary N) is 1. The van der Waals surface area contributed by atoms with E-state index in [2.05, 4.69) is 36.5 Å². The maximum atomic E-state index is 3.76. The molecule has 2 aliphatic rings. The number of benzene rings is 1. The zero-order valence-corrected chi connectivity index (χ0v) is 11.5. The van der Waals surface area contributed by atoms with Crippen LogP contribution in [-0.4, -0.2) is 6.04 Å². The van der Waals surface area contributed by atoms with Crippen LogP contribution >= 0.6 is 0 Å². The van der Waals surface area contributed by atoms with E-state index in [1.165, 1.54) is 44.1 Å². The van der Waals surface area contributed by atoms with Crippen molar-refractivity contribution >= 4 is 0 Å². The minimum atomic E-state index is 0.680. The molecule has 0 unspecified atom stereocenters. The molecule has 98 valence electrons. The molecule has 18 heavy (non-hydrogen) atoms. The zero-order chi connectivity index (χ0) is 12.4. The fraction of sp³-hybridized carbons (Fsp3) is 0.647. The molecule has 0 aliphatic heterocycles. The summed E-state index contributed by atoms with van der Waals surface area (Å²) in [4.78, 5) is 0. The fourth-order valence-corrected chi connectivity index (χ4v) is 3.38. The monoisotopic (exact) mass is 243 g/mol. The topological polar surface area (TPSA) is 12.0 Å². The van der Waals surface area contributed by atoms with Crippen molar-refractivity contribution in [2.24, 2.45) is 5.92 Å². The highest BCUT2D eigenvalue weighted by atomic mass is 14.9. The molecule has 0 aromatic heterocycles. The molecular weight excluding hydrogens is 218 g/mol. The lowest BCUT2D eigenvalue weighted by Crippen LogP contribution is -2.32. The first kappa shape index (κ1) is 12.2. The lowest BCUT2D eigenvalue weighted by molar-refractivity contribution is 0.380. The Morgan fingerprint density at radius 2 is 1.83 bits per heavy atom. The summed E-state index contributed by atoms with van der Waals surface area (Å²) in [5.41, 5.74) is 3.13. The van der Waals surface area contributed by atoms with E-state index in [1.807, 2.05) is 0 Å². The highest BCUT2D eigenvalue weighted by Crippen LogP contribution is 2.41. The van der Waals surface area contributed by atoms with Gasteiger partial charge in [-0.05, 0) is 55.6 Å². The molecule has 0 amide bonds. The van der Waals surface area contributed by atoms with Crippen LogP contribution in [-0.2, 0) is 6.54 Å². The Bertz CT molecular complexity index is 388. The summed E-state index contributed by atoms with van der Waals surface area (Å²) in [6, 6.07) is 9.69. The molecule has 0 spiro atoms. The van der Waals surface area contributed by atoms with Crippen molar-refractivity contribution in [3.63, 3.8) is 0 Å². The smallest absolute Gasteiger partial charge is 0.0210 e. The Morgan fingerprint density at radius 1 is 1.11 bits per heavy atom. The van der Waals surface area contributed by atoms with Crippen LogP contribution < -0.4 is 5.32 Å². The van der Waals surface area contributed by atoms with Gasteiger partial charge in [0.2, 0.25) is 0 Å². The lowest BCUT2D eigenvalue weighted by Gasteiger charge is -2.21. The van der Waals surface area contributed by atoms with Gasteiger partial charge in [-0.1, -0.05) is 37.1 Å². The summed E-state index contributed by atoms with van der Waals surface area (Å²) in [6.07, 6.45) is 8.53. The first-order valence-electron chi connectivity index (χ1n) is 7.66. The van der Waals surface area contributed by atoms with Crippen molar-refractivity contribution in [1.29, 1.82) is 0 Å². The summed E-state index contributed by atoms with van der Waals surface area (Å²) in [5.74, 6) is 1.78. The van der Waals surface area contributed by atoms with E-state index in [0.29, 0.717) is 6.04 Å². The van der Waals surface area contributed by atoms with Gasteiger partial charge >= 0.3 is 0 Å². The van der Waals surface area contributed by atoms with Gasteiger partial charge < -0.3 is 5.32 Å². The molecule has 1 nitrogen and oxygen atoms in total. The molecule has 1 heteroatoms. The number of hydrogen-bond donors (Lipinski definition) is 1. The standard InChI is InChI=1S/C17H25N/c1-13(14-6-2-3-7-14)18-12-16-8-4-5-9-17(16)15-10-11-15/h4-5,8-9,13-15,18H,2-3,6-7,10-12H2,1H3/t13-/m1/s1. The van der Waals surface area contributed by atoms with Gasteiger partial charge in [0.05, 0.1) is 0 Å². The van der Waals surface area contributed by atoms with E-state index in [1.54, 1.807) is 5.56 Å². The average Bonchev–Trinajstić information content (AvgIpc) is 3.10. The largest absolute Gasteiger partial charge is 0.310 e. The van der Waals surface area contributed by atoms with Crippen molar-refractivity contribution in [2.45, 2.75) is 64.0 Å². The lowest BCUT2D eigenvalue weighted by atomic mass is 9.98. The molecule has 0 saturated heterocycles. The fourth-order valence-electron chi connectivity index (χ4n) is 3.38. The van der Waals surface area contributed by atoms with E-state index in [9.17, 15) is 0 Å². The molecular formula is C17H25N. The van der Waals surface area contributed by atoms with Crippen LogP contribution in [0.3, 0.4) is 0 Å². The van der Waals surface area contributed by atoms with Gasteiger partial charge in [0.15, 0.2) is 0 Å². The van der Waals surface area contributed by atoms with E-state index < -0.39 is 0 Å². The Morgan fingerprint density at radius 3 is 2.56 bits per heavy atom. The second-order valence-electron chi connectivity index (χ2n) is 6.19. The van der Waals surface area contributed by atoms with Crippen molar-refractivity contribution in [1.82, 2.24) is 5.32 Å². The molecule has 1 N–H and O–H groups in total. The molecule has 0 bridgehead atoms. The van der Waals surface area contributed by atoms with E-state index in [0.717, 1.165) is 18.4 Å². The number of rotatable bonds is 5. The summed E-state index contributed by atoms with van der Waals surface area (Å²) < 4.78 is 0. The first-order chi connectivity index (χ1) is 8.84. The van der Waals surface area contributed by atoms with Crippen molar-refractivity contribution in [3.05, 3.63) is 35.4 Å². The highest BCUT2D eigenvalue weighted by molar-refractivity contribution is 5.33. The average molecular weight is 243 g/mol. The quantitative estimate of drug-likeness (QED) is 0.816. The molecule has 0 heterocycles. The molecule has 1 aromatic carbocycles. The van der Waals surface area contributed by atoms with Crippen molar-refractivity contribution < 1.29 is 0 Å². The summed E-state index contributed by atoms with van der Waals surface area (Å²) in [7, 11) is 0. The molecule has 1 atom stereocenters. The Hall–Kier alpha value is -0.820. The Balaban J connectivity index is 1.58. The van der Waals surface area contributed by atoms with Crippen LogP contribution in [0.1, 0.15) is 62.5 Å². The van der Waals surface area contributed by atoms with Crippen molar-refractivity contribution in [2.75, 3.05) is 0 Å². The molecule has 2 saturated carbocycles. The van der Waals surface area contributed by atoms with Gasteiger partial charge in [0.25, 0.3) is 0 Å². The summed E-state index contributed by atoms with van der Waals surface area (Å²) in [5, 5.41) is 3.76. The van der Waals surface area contributed by atoms with Crippen LogP contribution in [0, 0.1) is 5.92 Å². The maximum Gasteiger partial charge on any atom is 0.0210 e. The van der Waals surface area contributed by atoms with E-state index in [4.69, 9.17) is 0 Å². The first-order valence-corrected chi connectivity index (χ1v) is 7.66. The minimum Gasteiger partial charge on any atom is -0.310 e. The van der Waals surface area contributed by atoms with Gasteiger partial charge in [0.1, 0.15) is 0 Å². The molecule has 2 fully saturated rings. The van der Waals surface area contributed by atoms with Gasteiger partial charge in [-0.2, -0.15) is 0 Å². The zero-order valence-electron chi connectivity index (χ0n) is 11.5. The van der Waals surface area contributed by atoms with Crippen LogP contribution in [0.5, 0.6) is 0 Å². The minimum absolute atomic E-state index is 0.680. The highest BCUT2D eigenvalue weighted by Gasteiger charge is 2.26. The second-order valence-corrected chi connectivity index (χ2v) is 6.19. The van der Waals surface area contributed by atoms with E-state index >= 15 is 0 Å².